The second-order valence-corrected chi connectivity index (χ2v) is 6.24. The zero-order valence-electron chi connectivity index (χ0n) is 12.6. The maximum Gasteiger partial charge on any atom is 0.225 e. The van der Waals surface area contributed by atoms with E-state index in [4.69, 9.17) is 4.98 Å². The molecule has 1 aromatic rings. The van der Waals surface area contributed by atoms with E-state index >= 15 is 0 Å². The molecule has 0 bridgehead atoms. The maximum absolute atomic E-state index is 10.2. The Hall–Kier alpha value is -1.20. The highest BCUT2D eigenvalue weighted by molar-refractivity contribution is 5.40. The molecule has 0 aromatic carbocycles. The average molecular weight is 276 g/mol. The van der Waals surface area contributed by atoms with Gasteiger partial charge in [0, 0.05) is 24.5 Å². The quantitative estimate of drug-likeness (QED) is 0.865. The summed E-state index contributed by atoms with van der Waals surface area (Å²) in [6, 6.07) is 0.162. The molecule has 0 saturated carbocycles. The lowest BCUT2D eigenvalue weighted by Gasteiger charge is -2.23. The second-order valence-electron chi connectivity index (χ2n) is 6.24. The van der Waals surface area contributed by atoms with Crippen LogP contribution in [0.2, 0.25) is 0 Å². The van der Waals surface area contributed by atoms with Crippen molar-refractivity contribution >= 4 is 5.95 Å². The fourth-order valence-corrected chi connectivity index (χ4v) is 3.35. The van der Waals surface area contributed by atoms with Crippen LogP contribution in [0.4, 0.5) is 5.95 Å². The van der Waals surface area contributed by atoms with Gasteiger partial charge >= 0.3 is 0 Å². The summed E-state index contributed by atoms with van der Waals surface area (Å²) in [7, 11) is 4.02. The molecular weight excluding hydrogens is 252 g/mol. The van der Waals surface area contributed by atoms with Gasteiger partial charge in [0.15, 0.2) is 0 Å². The van der Waals surface area contributed by atoms with Gasteiger partial charge in [-0.25, -0.2) is 9.97 Å². The van der Waals surface area contributed by atoms with Crippen LogP contribution in [0.3, 0.4) is 0 Å². The Morgan fingerprint density at radius 1 is 1.15 bits per heavy atom. The third kappa shape index (κ3) is 2.40. The fraction of sp³-hybridized carbons (Fsp3) is 0.733. The van der Waals surface area contributed by atoms with Gasteiger partial charge in [-0.3, -0.25) is 0 Å². The summed E-state index contributed by atoms with van der Waals surface area (Å²) in [4.78, 5) is 13.7. The van der Waals surface area contributed by atoms with Crippen LogP contribution < -0.4 is 4.90 Å². The number of likely N-dealkylation sites (N-methyl/N-ethyl adjacent to an activating group) is 1. The van der Waals surface area contributed by atoms with Crippen molar-refractivity contribution < 1.29 is 5.11 Å². The van der Waals surface area contributed by atoms with Crippen LogP contribution in [-0.4, -0.2) is 59.3 Å². The summed E-state index contributed by atoms with van der Waals surface area (Å²) in [6.45, 7) is 3.51. The number of aliphatic hydroxyl groups is 1. The number of β-amino-alcohol motifs (C(OH)–C–C–N with tert-alkyl or cyclic N) is 1. The third-order valence-corrected chi connectivity index (χ3v) is 4.58. The molecule has 1 saturated heterocycles. The molecule has 1 aromatic heterocycles. The van der Waals surface area contributed by atoms with Gasteiger partial charge in [0.05, 0.1) is 12.1 Å². The summed E-state index contributed by atoms with van der Waals surface area (Å²) in [5, 5.41) is 10.2. The van der Waals surface area contributed by atoms with Crippen LogP contribution in [0.5, 0.6) is 0 Å². The predicted molar refractivity (Wildman–Crippen MR) is 79.1 cm³/mol. The molecular formula is C15H24N4O. The van der Waals surface area contributed by atoms with E-state index in [9.17, 15) is 5.11 Å². The Kier molecular flexibility index (Phi) is 3.65. The normalized spacial score (nSPS) is 26.1. The lowest BCUT2D eigenvalue weighted by atomic mass is 9.95. The van der Waals surface area contributed by atoms with Crippen LogP contribution in [-0.2, 0) is 12.8 Å². The van der Waals surface area contributed by atoms with Gasteiger partial charge < -0.3 is 14.9 Å². The minimum absolute atomic E-state index is 0.162. The van der Waals surface area contributed by atoms with Crippen LogP contribution in [0, 0.1) is 6.92 Å². The molecule has 2 atom stereocenters. The fourth-order valence-electron chi connectivity index (χ4n) is 3.35. The van der Waals surface area contributed by atoms with E-state index in [1.165, 1.54) is 24.1 Å². The average Bonchev–Trinajstić information content (AvgIpc) is 2.81. The molecule has 1 fully saturated rings. The smallest absolute Gasteiger partial charge is 0.225 e. The monoisotopic (exact) mass is 276 g/mol. The third-order valence-electron chi connectivity index (χ3n) is 4.58. The van der Waals surface area contributed by atoms with Gasteiger partial charge in [-0.05, 0) is 52.3 Å². The molecule has 2 heterocycles. The Labute approximate surface area is 120 Å². The molecule has 3 rings (SSSR count). The first-order valence-corrected chi connectivity index (χ1v) is 7.52. The van der Waals surface area contributed by atoms with E-state index in [0.717, 1.165) is 31.0 Å². The van der Waals surface area contributed by atoms with Gasteiger partial charge in [0.25, 0.3) is 0 Å². The van der Waals surface area contributed by atoms with Crippen molar-refractivity contribution in [3.8, 4) is 0 Å². The molecule has 20 heavy (non-hydrogen) atoms. The molecule has 2 aliphatic rings. The zero-order chi connectivity index (χ0) is 14.3. The molecule has 5 nitrogen and oxygen atoms in total. The van der Waals surface area contributed by atoms with E-state index in [-0.39, 0.29) is 12.1 Å². The molecule has 0 spiro atoms. The van der Waals surface area contributed by atoms with Crippen LogP contribution in [0.1, 0.15) is 29.8 Å². The van der Waals surface area contributed by atoms with E-state index in [1.54, 1.807) is 0 Å². The molecule has 1 aliphatic carbocycles. The number of nitrogens with zero attached hydrogens (tertiary/aromatic N) is 4. The van der Waals surface area contributed by atoms with Crippen molar-refractivity contribution in [3.63, 3.8) is 0 Å². The topological polar surface area (TPSA) is 52.5 Å². The minimum atomic E-state index is -0.329. The van der Waals surface area contributed by atoms with Crippen molar-refractivity contribution in [1.82, 2.24) is 14.9 Å². The van der Waals surface area contributed by atoms with Gasteiger partial charge in [0.2, 0.25) is 5.95 Å². The van der Waals surface area contributed by atoms with Gasteiger partial charge in [-0.1, -0.05) is 0 Å². The first-order valence-electron chi connectivity index (χ1n) is 7.52. The highest BCUT2D eigenvalue weighted by Gasteiger charge is 2.34. The number of hydrogen-bond donors (Lipinski definition) is 1. The molecule has 1 aliphatic heterocycles. The van der Waals surface area contributed by atoms with Crippen molar-refractivity contribution in [2.75, 3.05) is 32.1 Å². The molecule has 5 heteroatoms. The molecule has 110 valence electrons. The van der Waals surface area contributed by atoms with Crippen LogP contribution in [0.15, 0.2) is 0 Å². The number of aromatic nitrogens is 2. The first-order chi connectivity index (χ1) is 9.56. The molecule has 0 radical (unpaired) electrons. The van der Waals surface area contributed by atoms with Crippen molar-refractivity contribution in [2.24, 2.45) is 0 Å². The first kappa shape index (κ1) is 13.8. The number of aliphatic hydroxyl groups excluding tert-OH is 1. The Morgan fingerprint density at radius 2 is 1.90 bits per heavy atom. The standard InChI is InChI=1S/C15H24N4O/c1-10-11-6-4-5-7-12(11)17-15(16-10)19-8-13(18(2)3)14(20)9-19/h13-14,20H,4-9H2,1-3H3/t13-,14-/m0/s1. The summed E-state index contributed by atoms with van der Waals surface area (Å²) < 4.78 is 0. The van der Waals surface area contributed by atoms with E-state index in [1.807, 2.05) is 14.1 Å². The molecule has 1 N–H and O–H groups in total. The van der Waals surface area contributed by atoms with Gasteiger partial charge in [-0.15, -0.1) is 0 Å². The van der Waals surface area contributed by atoms with Gasteiger partial charge in [-0.2, -0.15) is 0 Å². The zero-order valence-corrected chi connectivity index (χ0v) is 12.6. The number of aryl methyl sites for hydroxylation is 2. The number of hydrogen-bond acceptors (Lipinski definition) is 5. The molecule has 0 unspecified atom stereocenters. The lowest BCUT2D eigenvalue weighted by Crippen LogP contribution is -2.38. The van der Waals surface area contributed by atoms with Gasteiger partial charge in [0.1, 0.15) is 0 Å². The lowest BCUT2D eigenvalue weighted by molar-refractivity contribution is 0.114. The summed E-state index contributed by atoms with van der Waals surface area (Å²) in [6.07, 6.45) is 4.34. The number of anilines is 1. The molecule has 0 amide bonds. The van der Waals surface area contributed by atoms with Crippen LogP contribution in [0.25, 0.3) is 0 Å². The summed E-state index contributed by atoms with van der Waals surface area (Å²) in [5.41, 5.74) is 3.69. The highest BCUT2D eigenvalue weighted by atomic mass is 16.3. The van der Waals surface area contributed by atoms with Crippen molar-refractivity contribution in [3.05, 3.63) is 17.0 Å². The number of rotatable bonds is 2. The maximum atomic E-state index is 10.2. The summed E-state index contributed by atoms with van der Waals surface area (Å²) >= 11 is 0. The Morgan fingerprint density at radius 3 is 2.60 bits per heavy atom. The summed E-state index contributed by atoms with van der Waals surface area (Å²) in [5.74, 6) is 0.798. The van der Waals surface area contributed by atoms with Crippen molar-refractivity contribution in [1.29, 1.82) is 0 Å². The second kappa shape index (κ2) is 5.30. The SMILES string of the molecule is Cc1nc(N2C[C@H](O)[C@@H](N(C)C)C2)nc2c1CCCC2. The predicted octanol–water partition coefficient (Wildman–Crippen LogP) is 0.775. The largest absolute Gasteiger partial charge is 0.390 e. The van der Waals surface area contributed by atoms with E-state index in [2.05, 4.69) is 21.7 Å². The number of fused-ring (bicyclic) bond motifs is 1. The van der Waals surface area contributed by atoms with E-state index < -0.39 is 0 Å². The van der Waals surface area contributed by atoms with Crippen molar-refractivity contribution in [2.45, 2.75) is 44.8 Å². The van der Waals surface area contributed by atoms with Crippen LogP contribution >= 0.6 is 0 Å². The Bertz CT molecular complexity index is 503. The van der Waals surface area contributed by atoms with E-state index in [0.29, 0.717) is 6.54 Å². The minimum Gasteiger partial charge on any atom is -0.390 e. The highest BCUT2D eigenvalue weighted by Crippen LogP contribution is 2.26. The Balaban J connectivity index is 1.86.